The van der Waals surface area contributed by atoms with Crippen molar-refractivity contribution in [1.29, 1.82) is 0 Å². The summed E-state index contributed by atoms with van der Waals surface area (Å²) in [6.45, 7) is 5.80. The van der Waals surface area contributed by atoms with E-state index in [4.69, 9.17) is 5.73 Å². The fraction of sp³-hybridized carbons (Fsp3) is 0.625. The Morgan fingerprint density at radius 1 is 1.46 bits per heavy atom. The topological polar surface area (TPSA) is 43.8 Å². The molecule has 0 aromatic carbocycles. The van der Waals surface area contributed by atoms with E-state index in [-0.39, 0.29) is 12.4 Å². The standard InChI is InChI=1S/C8H14IN3.ClH/c1-6-8(9)7(2)12(11-6)5-3-4-10;/h3-5,10H2,1-2H3;1H. The molecule has 0 amide bonds. The van der Waals surface area contributed by atoms with Gasteiger partial charge in [-0.15, -0.1) is 12.4 Å². The molecule has 1 aromatic heterocycles. The third-order valence-corrected chi connectivity index (χ3v) is 3.43. The maximum Gasteiger partial charge on any atom is 0.0729 e. The van der Waals surface area contributed by atoms with Gasteiger partial charge in [0.2, 0.25) is 0 Å². The van der Waals surface area contributed by atoms with Crippen LogP contribution >= 0.6 is 35.0 Å². The molecule has 0 saturated carbocycles. The first-order valence-electron chi connectivity index (χ1n) is 4.06. The Kier molecular flexibility index (Phi) is 5.91. The Hall–Kier alpha value is 0.190. The zero-order valence-corrected chi connectivity index (χ0v) is 10.9. The van der Waals surface area contributed by atoms with E-state index in [1.54, 1.807) is 0 Å². The molecule has 0 bridgehead atoms. The minimum atomic E-state index is 0. The zero-order valence-electron chi connectivity index (χ0n) is 7.88. The summed E-state index contributed by atoms with van der Waals surface area (Å²) in [7, 11) is 0. The second kappa shape index (κ2) is 5.82. The van der Waals surface area contributed by atoms with Gasteiger partial charge in [0.1, 0.15) is 0 Å². The highest BCUT2D eigenvalue weighted by Gasteiger charge is 2.06. The van der Waals surface area contributed by atoms with E-state index >= 15 is 0 Å². The smallest absolute Gasteiger partial charge is 0.0729 e. The first kappa shape index (κ1) is 13.2. The molecule has 13 heavy (non-hydrogen) atoms. The van der Waals surface area contributed by atoms with Gasteiger partial charge in [-0.25, -0.2) is 0 Å². The molecule has 76 valence electrons. The van der Waals surface area contributed by atoms with E-state index in [0.717, 1.165) is 25.2 Å². The van der Waals surface area contributed by atoms with Crippen LogP contribution in [0, 0.1) is 17.4 Å². The van der Waals surface area contributed by atoms with Crippen molar-refractivity contribution in [3.63, 3.8) is 0 Å². The molecule has 3 nitrogen and oxygen atoms in total. The van der Waals surface area contributed by atoms with Crippen LogP contribution in [0.4, 0.5) is 0 Å². The SMILES string of the molecule is Cc1nn(CCCN)c(C)c1I.Cl. The lowest BCUT2D eigenvalue weighted by Gasteiger charge is -2.01. The Morgan fingerprint density at radius 2 is 2.08 bits per heavy atom. The zero-order chi connectivity index (χ0) is 9.14. The van der Waals surface area contributed by atoms with Gasteiger partial charge >= 0.3 is 0 Å². The number of hydrogen-bond donors (Lipinski definition) is 1. The van der Waals surface area contributed by atoms with Crippen molar-refractivity contribution < 1.29 is 0 Å². The van der Waals surface area contributed by atoms with Gasteiger partial charge in [-0.3, -0.25) is 4.68 Å². The molecule has 0 radical (unpaired) electrons. The summed E-state index contributed by atoms with van der Waals surface area (Å²) in [5.74, 6) is 0. The predicted molar refractivity (Wildman–Crippen MR) is 65.3 cm³/mol. The van der Waals surface area contributed by atoms with Crippen LogP contribution in [0.2, 0.25) is 0 Å². The van der Waals surface area contributed by atoms with E-state index in [1.165, 1.54) is 9.26 Å². The second-order valence-electron chi connectivity index (χ2n) is 2.85. The molecule has 0 fully saturated rings. The van der Waals surface area contributed by atoms with Crippen molar-refractivity contribution in [3.8, 4) is 0 Å². The maximum atomic E-state index is 5.43. The van der Waals surface area contributed by atoms with Crippen LogP contribution in [-0.4, -0.2) is 16.3 Å². The number of nitrogens with two attached hydrogens (primary N) is 1. The van der Waals surface area contributed by atoms with Gasteiger partial charge in [-0.2, -0.15) is 5.10 Å². The van der Waals surface area contributed by atoms with Crippen molar-refractivity contribution in [3.05, 3.63) is 15.0 Å². The third-order valence-electron chi connectivity index (χ3n) is 1.87. The van der Waals surface area contributed by atoms with Crippen molar-refractivity contribution >= 4 is 35.0 Å². The van der Waals surface area contributed by atoms with E-state index in [2.05, 4.69) is 34.6 Å². The molecule has 0 aliphatic heterocycles. The summed E-state index contributed by atoms with van der Waals surface area (Å²) in [6, 6.07) is 0. The van der Waals surface area contributed by atoms with Crippen LogP contribution in [0.1, 0.15) is 17.8 Å². The number of aryl methyl sites for hydroxylation is 2. The van der Waals surface area contributed by atoms with Crippen LogP contribution in [-0.2, 0) is 6.54 Å². The summed E-state index contributed by atoms with van der Waals surface area (Å²) >= 11 is 2.33. The Morgan fingerprint density at radius 3 is 2.46 bits per heavy atom. The summed E-state index contributed by atoms with van der Waals surface area (Å²) in [5.41, 5.74) is 7.80. The third kappa shape index (κ3) is 3.11. The molecule has 2 N–H and O–H groups in total. The highest BCUT2D eigenvalue weighted by atomic mass is 127. The van der Waals surface area contributed by atoms with Crippen LogP contribution in [0.25, 0.3) is 0 Å². The van der Waals surface area contributed by atoms with E-state index in [9.17, 15) is 0 Å². The normalized spacial score (nSPS) is 9.85. The fourth-order valence-electron chi connectivity index (χ4n) is 1.13. The Bertz CT molecular complexity index is 273. The molecule has 0 unspecified atom stereocenters. The highest BCUT2D eigenvalue weighted by molar-refractivity contribution is 14.1. The van der Waals surface area contributed by atoms with Crippen LogP contribution in [0.15, 0.2) is 0 Å². The molecule has 0 atom stereocenters. The van der Waals surface area contributed by atoms with Crippen LogP contribution < -0.4 is 5.73 Å². The molecular weight excluding hydrogens is 300 g/mol. The quantitative estimate of drug-likeness (QED) is 0.866. The summed E-state index contributed by atoms with van der Waals surface area (Å²) in [5, 5.41) is 4.40. The van der Waals surface area contributed by atoms with Gasteiger partial charge in [0.25, 0.3) is 0 Å². The predicted octanol–water partition coefficient (Wildman–Crippen LogP) is 1.88. The molecule has 0 aliphatic carbocycles. The first-order valence-corrected chi connectivity index (χ1v) is 5.14. The lowest BCUT2D eigenvalue weighted by atomic mass is 10.4. The molecule has 1 aromatic rings. The first-order chi connectivity index (χ1) is 5.66. The summed E-state index contributed by atoms with van der Waals surface area (Å²) < 4.78 is 3.30. The van der Waals surface area contributed by atoms with Crippen molar-refractivity contribution in [1.82, 2.24) is 9.78 Å². The number of aromatic nitrogens is 2. The lowest BCUT2D eigenvalue weighted by Crippen LogP contribution is -2.08. The Balaban J connectivity index is 0.00000144. The second-order valence-corrected chi connectivity index (χ2v) is 3.93. The average Bonchev–Trinajstić information content (AvgIpc) is 2.30. The van der Waals surface area contributed by atoms with Crippen molar-refractivity contribution in [2.24, 2.45) is 5.73 Å². The summed E-state index contributed by atoms with van der Waals surface area (Å²) in [6.07, 6.45) is 0.998. The minimum absolute atomic E-state index is 0. The average molecular weight is 316 g/mol. The Labute approximate surface area is 98.6 Å². The largest absolute Gasteiger partial charge is 0.330 e. The number of rotatable bonds is 3. The van der Waals surface area contributed by atoms with Gasteiger partial charge < -0.3 is 5.73 Å². The molecule has 1 heterocycles. The van der Waals surface area contributed by atoms with E-state index in [0.29, 0.717) is 0 Å². The number of nitrogens with zero attached hydrogens (tertiary/aromatic N) is 2. The van der Waals surface area contributed by atoms with Gasteiger partial charge in [0, 0.05) is 12.2 Å². The fourth-order valence-corrected chi connectivity index (χ4v) is 1.52. The maximum absolute atomic E-state index is 5.43. The van der Waals surface area contributed by atoms with Crippen LogP contribution in [0.5, 0.6) is 0 Å². The van der Waals surface area contributed by atoms with Crippen molar-refractivity contribution in [2.75, 3.05) is 6.54 Å². The molecule has 0 spiro atoms. The minimum Gasteiger partial charge on any atom is -0.330 e. The lowest BCUT2D eigenvalue weighted by molar-refractivity contribution is 0.567. The molecule has 5 heteroatoms. The molecule has 0 aliphatic rings. The van der Waals surface area contributed by atoms with Gasteiger partial charge in [0.15, 0.2) is 0 Å². The molecule has 1 rings (SSSR count). The monoisotopic (exact) mass is 315 g/mol. The van der Waals surface area contributed by atoms with Crippen LogP contribution in [0.3, 0.4) is 0 Å². The number of halogens is 2. The summed E-state index contributed by atoms with van der Waals surface area (Å²) in [4.78, 5) is 0. The molecular formula is C8H15ClIN3. The highest BCUT2D eigenvalue weighted by Crippen LogP contribution is 2.15. The van der Waals surface area contributed by atoms with E-state index in [1.807, 2.05) is 11.6 Å². The van der Waals surface area contributed by atoms with Gasteiger partial charge in [-0.05, 0) is 49.4 Å². The van der Waals surface area contributed by atoms with Crippen molar-refractivity contribution in [2.45, 2.75) is 26.8 Å². The van der Waals surface area contributed by atoms with Gasteiger partial charge in [0.05, 0.1) is 9.26 Å². The molecule has 0 saturated heterocycles. The van der Waals surface area contributed by atoms with Gasteiger partial charge in [-0.1, -0.05) is 0 Å². The van der Waals surface area contributed by atoms with E-state index < -0.39 is 0 Å². The number of hydrogen-bond acceptors (Lipinski definition) is 2.